The number of hydrogen-bond donors (Lipinski definition) is 1. The van der Waals surface area contributed by atoms with Crippen LogP contribution in [-0.2, 0) is 17.4 Å². The monoisotopic (exact) mass is 250 g/mol. The Morgan fingerprint density at radius 3 is 2.53 bits per heavy atom. The second-order valence-corrected chi connectivity index (χ2v) is 3.95. The first-order valence-corrected chi connectivity index (χ1v) is 5.09. The fourth-order valence-corrected chi connectivity index (χ4v) is 1.53. The third kappa shape index (κ3) is 3.21. The van der Waals surface area contributed by atoms with E-state index in [0.717, 1.165) is 10.9 Å². The smallest absolute Gasteiger partial charge is 0.433 e. The van der Waals surface area contributed by atoms with Crippen LogP contribution < -0.4 is 0 Å². The molecule has 7 heteroatoms. The molecule has 1 N–H and O–H groups in total. The Bertz CT molecular complexity index is 410. The van der Waals surface area contributed by atoms with Gasteiger partial charge in [-0.3, -0.25) is 9.48 Å². The van der Waals surface area contributed by atoms with Crippen LogP contribution in [0.25, 0.3) is 0 Å². The van der Waals surface area contributed by atoms with E-state index in [1.807, 2.05) is 0 Å². The topological polar surface area (TPSA) is 55.1 Å². The summed E-state index contributed by atoms with van der Waals surface area (Å²) in [5, 5.41) is 12.1. The van der Waals surface area contributed by atoms with Gasteiger partial charge in [0.05, 0.1) is 6.20 Å². The highest BCUT2D eigenvalue weighted by molar-refractivity contribution is 5.67. The van der Waals surface area contributed by atoms with Crippen LogP contribution in [0.15, 0.2) is 6.20 Å². The lowest BCUT2D eigenvalue weighted by atomic mass is 10.1. The summed E-state index contributed by atoms with van der Waals surface area (Å²) in [6, 6.07) is -0.426. The minimum atomic E-state index is -4.52. The van der Waals surface area contributed by atoms with Gasteiger partial charge < -0.3 is 5.11 Å². The van der Waals surface area contributed by atoms with E-state index in [2.05, 4.69) is 5.10 Å². The molecule has 0 atom stereocenters. The number of aromatic nitrogens is 2. The van der Waals surface area contributed by atoms with E-state index in [1.54, 1.807) is 13.8 Å². The summed E-state index contributed by atoms with van der Waals surface area (Å²) in [4.78, 5) is 10.4. The predicted molar refractivity (Wildman–Crippen MR) is 53.6 cm³/mol. The molecule has 17 heavy (non-hydrogen) atoms. The van der Waals surface area contributed by atoms with Crippen LogP contribution in [0, 0.1) is 0 Å². The van der Waals surface area contributed by atoms with Gasteiger partial charge in [0.1, 0.15) is 5.69 Å². The van der Waals surface area contributed by atoms with Crippen molar-refractivity contribution in [3.05, 3.63) is 17.5 Å². The number of carboxylic acids is 1. The van der Waals surface area contributed by atoms with Gasteiger partial charge in [-0.2, -0.15) is 18.3 Å². The van der Waals surface area contributed by atoms with E-state index in [-0.39, 0.29) is 18.4 Å². The number of nitrogens with zero attached hydrogens (tertiary/aromatic N) is 2. The highest BCUT2D eigenvalue weighted by Crippen LogP contribution is 2.33. The maximum absolute atomic E-state index is 12.8. The van der Waals surface area contributed by atoms with E-state index >= 15 is 0 Å². The van der Waals surface area contributed by atoms with Gasteiger partial charge in [-0.15, -0.1) is 0 Å². The molecule has 0 radical (unpaired) electrons. The first-order chi connectivity index (χ1) is 7.73. The van der Waals surface area contributed by atoms with Crippen molar-refractivity contribution in [2.75, 3.05) is 0 Å². The molecule has 1 aromatic rings. The second kappa shape index (κ2) is 4.77. The van der Waals surface area contributed by atoms with E-state index in [9.17, 15) is 18.0 Å². The summed E-state index contributed by atoms with van der Waals surface area (Å²) in [6.45, 7) is 3.17. The third-order valence-electron chi connectivity index (χ3n) is 2.24. The SMILES string of the molecule is CC(C)n1ncc(CCC(=O)O)c1C(F)(F)F. The first-order valence-electron chi connectivity index (χ1n) is 5.09. The maximum Gasteiger partial charge on any atom is 0.433 e. The van der Waals surface area contributed by atoms with Crippen molar-refractivity contribution in [2.24, 2.45) is 0 Å². The average molecular weight is 250 g/mol. The van der Waals surface area contributed by atoms with Gasteiger partial charge >= 0.3 is 12.1 Å². The lowest BCUT2D eigenvalue weighted by molar-refractivity contribution is -0.146. The molecule has 1 aromatic heterocycles. The number of carbonyl (C=O) groups is 1. The number of aryl methyl sites for hydroxylation is 1. The Morgan fingerprint density at radius 1 is 1.53 bits per heavy atom. The van der Waals surface area contributed by atoms with Gasteiger partial charge in [-0.1, -0.05) is 0 Å². The summed E-state index contributed by atoms with van der Waals surface area (Å²) >= 11 is 0. The van der Waals surface area contributed by atoms with Crippen LogP contribution in [0.5, 0.6) is 0 Å². The number of hydrogen-bond acceptors (Lipinski definition) is 2. The van der Waals surface area contributed by atoms with Crippen molar-refractivity contribution in [1.29, 1.82) is 0 Å². The van der Waals surface area contributed by atoms with E-state index in [4.69, 9.17) is 5.11 Å². The summed E-state index contributed by atoms with van der Waals surface area (Å²) in [7, 11) is 0. The van der Waals surface area contributed by atoms with Crippen molar-refractivity contribution < 1.29 is 23.1 Å². The Hall–Kier alpha value is -1.53. The zero-order valence-corrected chi connectivity index (χ0v) is 9.45. The highest BCUT2D eigenvalue weighted by atomic mass is 19.4. The normalized spacial score (nSPS) is 12.1. The van der Waals surface area contributed by atoms with E-state index in [0.29, 0.717) is 0 Å². The average Bonchev–Trinajstić information content (AvgIpc) is 2.57. The van der Waals surface area contributed by atoms with Gasteiger partial charge in [0.2, 0.25) is 0 Å². The van der Waals surface area contributed by atoms with Gasteiger partial charge in [-0.05, 0) is 20.3 Å². The van der Waals surface area contributed by atoms with Crippen molar-refractivity contribution in [3.63, 3.8) is 0 Å². The molecule has 0 fully saturated rings. The van der Waals surface area contributed by atoms with Crippen LogP contribution in [0.4, 0.5) is 13.2 Å². The summed E-state index contributed by atoms with van der Waals surface area (Å²) in [5.74, 6) is -1.13. The molecule has 0 aliphatic heterocycles. The molecular formula is C10H13F3N2O2. The largest absolute Gasteiger partial charge is 0.481 e. The van der Waals surface area contributed by atoms with Gasteiger partial charge in [-0.25, -0.2) is 0 Å². The molecule has 0 aliphatic rings. The van der Waals surface area contributed by atoms with Crippen molar-refractivity contribution in [2.45, 2.75) is 38.9 Å². The molecule has 1 rings (SSSR count). The van der Waals surface area contributed by atoms with Crippen LogP contribution in [0.2, 0.25) is 0 Å². The van der Waals surface area contributed by atoms with Crippen molar-refractivity contribution >= 4 is 5.97 Å². The third-order valence-corrected chi connectivity index (χ3v) is 2.24. The molecule has 0 aliphatic carbocycles. The minimum absolute atomic E-state index is 0.0754. The molecule has 0 aromatic carbocycles. The summed E-state index contributed by atoms with van der Waals surface area (Å²) < 4.78 is 39.3. The zero-order valence-electron chi connectivity index (χ0n) is 9.45. The molecule has 0 saturated carbocycles. The number of carboxylic acid groups (broad SMARTS) is 1. The van der Waals surface area contributed by atoms with Crippen LogP contribution in [0.1, 0.15) is 37.6 Å². The maximum atomic E-state index is 12.8. The van der Waals surface area contributed by atoms with E-state index in [1.165, 1.54) is 0 Å². The quantitative estimate of drug-likeness (QED) is 0.893. The van der Waals surface area contributed by atoms with Gasteiger partial charge in [0, 0.05) is 18.0 Å². The Kier molecular flexibility index (Phi) is 3.79. The van der Waals surface area contributed by atoms with E-state index < -0.39 is 23.9 Å². The molecule has 4 nitrogen and oxygen atoms in total. The Labute approximate surface area is 96.0 Å². The first kappa shape index (κ1) is 13.5. The van der Waals surface area contributed by atoms with Crippen LogP contribution in [0.3, 0.4) is 0 Å². The summed E-state index contributed by atoms with van der Waals surface area (Å²) in [5.41, 5.74) is -0.928. The minimum Gasteiger partial charge on any atom is -0.481 e. The van der Waals surface area contributed by atoms with Crippen molar-refractivity contribution in [1.82, 2.24) is 9.78 Å². The van der Waals surface area contributed by atoms with Crippen LogP contribution in [-0.4, -0.2) is 20.9 Å². The summed E-state index contributed by atoms with van der Waals surface area (Å²) in [6.07, 6.45) is -3.94. The van der Waals surface area contributed by atoms with Crippen LogP contribution >= 0.6 is 0 Å². The Balaban J connectivity index is 3.10. The lowest BCUT2D eigenvalue weighted by Crippen LogP contribution is -2.18. The molecular weight excluding hydrogens is 237 g/mol. The molecule has 0 amide bonds. The van der Waals surface area contributed by atoms with Crippen molar-refractivity contribution in [3.8, 4) is 0 Å². The lowest BCUT2D eigenvalue weighted by Gasteiger charge is -2.14. The Morgan fingerprint density at radius 2 is 2.12 bits per heavy atom. The molecule has 96 valence electrons. The molecule has 0 saturated heterocycles. The fourth-order valence-electron chi connectivity index (χ4n) is 1.53. The molecule has 0 bridgehead atoms. The number of alkyl halides is 3. The molecule has 1 heterocycles. The molecule has 0 spiro atoms. The number of aliphatic carboxylic acids is 1. The zero-order chi connectivity index (χ0) is 13.2. The predicted octanol–water partition coefficient (Wildman–Crippen LogP) is 2.50. The van der Waals surface area contributed by atoms with Gasteiger partial charge in [0.25, 0.3) is 0 Å². The number of rotatable bonds is 4. The fraction of sp³-hybridized carbons (Fsp3) is 0.600. The second-order valence-electron chi connectivity index (χ2n) is 3.95. The highest BCUT2D eigenvalue weighted by Gasteiger charge is 2.38. The molecule has 0 unspecified atom stereocenters. The van der Waals surface area contributed by atoms with Gasteiger partial charge in [0.15, 0.2) is 0 Å². The standard InChI is InChI=1S/C10H13F3N2O2/c1-6(2)15-9(10(11,12)13)7(5-14-15)3-4-8(16)17/h5-6H,3-4H2,1-2H3,(H,16,17). The number of halogens is 3.